The first-order chi connectivity index (χ1) is 12.3. The van der Waals surface area contributed by atoms with Crippen molar-refractivity contribution in [3.8, 4) is 16.3 Å². The second-order valence-corrected chi connectivity index (χ2v) is 7.62. The van der Waals surface area contributed by atoms with E-state index >= 15 is 0 Å². The third-order valence-corrected chi connectivity index (χ3v) is 6.08. The molecule has 2 aromatic heterocycles. The zero-order valence-corrected chi connectivity index (χ0v) is 15.5. The molecule has 1 aliphatic heterocycles. The van der Waals surface area contributed by atoms with E-state index in [9.17, 15) is 4.79 Å². The summed E-state index contributed by atoms with van der Waals surface area (Å²) in [5.74, 6) is 0.857. The predicted molar refractivity (Wildman–Crippen MR) is 101 cm³/mol. The Morgan fingerprint density at radius 2 is 2.08 bits per heavy atom. The Morgan fingerprint density at radius 3 is 2.80 bits per heavy atom. The maximum Gasteiger partial charge on any atom is 0.273 e. The molecule has 3 heterocycles. The van der Waals surface area contributed by atoms with Crippen LogP contribution < -0.4 is 4.74 Å². The number of benzene rings is 1. The number of hydrogen-bond donors (Lipinski definition) is 0. The lowest BCUT2D eigenvalue weighted by molar-refractivity contribution is 0.0730. The number of carbonyl (C=O) groups excluding carboxylic acids is 1. The van der Waals surface area contributed by atoms with Gasteiger partial charge in [0.05, 0.1) is 13.2 Å². The van der Waals surface area contributed by atoms with Crippen molar-refractivity contribution in [2.45, 2.75) is 18.9 Å². The van der Waals surface area contributed by atoms with Crippen LogP contribution in [0.2, 0.25) is 0 Å². The number of likely N-dealkylation sites (tertiary alicyclic amines) is 1. The number of methoxy groups -OCH3 is 1. The van der Waals surface area contributed by atoms with Crippen molar-refractivity contribution in [3.63, 3.8) is 0 Å². The highest BCUT2D eigenvalue weighted by Gasteiger charge is 2.31. The van der Waals surface area contributed by atoms with Crippen LogP contribution in [0.4, 0.5) is 0 Å². The van der Waals surface area contributed by atoms with Gasteiger partial charge >= 0.3 is 0 Å². The molecule has 1 unspecified atom stereocenters. The molecule has 1 aliphatic rings. The van der Waals surface area contributed by atoms with Crippen LogP contribution in [0, 0.1) is 0 Å². The molecular formula is C19H18N2O2S2. The number of thiophene rings is 1. The molecule has 3 aromatic rings. The van der Waals surface area contributed by atoms with Crippen LogP contribution >= 0.6 is 22.7 Å². The molecule has 0 aliphatic carbocycles. The molecule has 1 saturated heterocycles. The Labute approximate surface area is 154 Å². The first-order valence-corrected chi connectivity index (χ1v) is 10.0. The van der Waals surface area contributed by atoms with Crippen LogP contribution in [-0.2, 0) is 0 Å². The Balaban J connectivity index is 1.56. The van der Waals surface area contributed by atoms with E-state index in [1.54, 1.807) is 18.4 Å². The molecule has 0 radical (unpaired) electrons. The zero-order chi connectivity index (χ0) is 17.2. The Hall–Kier alpha value is -2.18. The molecule has 1 amide bonds. The van der Waals surface area contributed by atoms with Gasteiger partial charge in [0.25, 0.3) is 5.91 Å². The van der Waals surface area contributed by atoms with Crippen LogP contribution in [0.1, 0.15) is 34.9 Å². The second kappa shape index (κ2) is 6.98. The highest BCUT2D eigenvalue weighted by atomic mass is 32.1. The number of ether oxygens (including phenoxy) is 1. The van der Waals surface area contributed by atoms with E-state index in [0.717, 1.165) is 41.3 Å². The summed E-state index contributed by atoms with van der Waals surface area (Å²) in [5, 5.41) is 6.87. The van der Waals surface area contributed by atoms with E-state index in [1.807, 2.05) is 46.0 Å². The summed E-state index contributed by atoms with van der Waals surface area (Å²) in [6.07, 6.45) is 2.00. The quantitative estimate of drug-likeness (QED) is 0.659. The zero-order valence-electron chi connectivity index (χ0n) is 13.8. The minimum atomic E-state index is 0.0241. The normalized spacial score (nSPS) is 17.0. The monoisotopic (exact) mass is 370 g/mol. The Bertz CT molecular complexity index is 856. The van der Waals surface area contributed by atoms with Gasteiger partial charge in [-0.2, -0.15) is 11.3 Å². The van der Waals surface area contributed by atoms with Gasteiger partial charge in [0.1, 0.15) is 16.5 Å². The number of aromatic nitrogens is 1. The van der Waals surface area contributed by atoms with Crippen molar-refractivity contribution in [3.05, 3.63) is 57.7 Å². The largest absolute Gasteiger partial charge is 0.497 e. The van der Waals surface area contributed by atoms with E-state index < -0.39 is 0 Å². The summed E-state index contributed by atoms with van der Waals surface area (Å²) in [4.78, 5) is 19.5. The molecule has 6 heteroatoms. The molecule has 4 nitrogen and oxygen atoms in total. The van der Waals surface area contributed by atoms with Gasteiger partial charge in [0.15, 0.2) is 0 Å². The lowest BCUT2D eigenvalue weighted by atomic mass is 10.0. The number of hydrogen-bond acceptors (Lipinski definition) is 5. The van der Waals surface area contributed by atoms with Gasteiger partial charge in [0, 0.05) is 22.9 Å². The SMILES string of the molecule is COc1ccc(C2CCCN2C(=O)c2csc(-c3ccsc3)n2)cc1. The maximum atomic E-state index is 13.0. The number of rotatable bonds is 4. The molecule has 1 atom stereocenters. The van der Waals surface area contributed by atoms with Crippen molar-refractivity contribution < 1.29 is 9.53 Å². The van der Waals surface area contributed by atoms with Crippen molar-refractivity contribution in [2.75, 3.05) is 13.7 Å². The van der Waals surface area contributed by atoms with Crippen LogP contribution in [0.15, 0.2) is 46.5 Å². The number of carbonyl (C=O) groups is 1. The maximum absolute atomic E-state index is 13.0. The second-order valence-electron chi connectivity index (χ2n) is 5.98. The molecule has 4 rings (SSSR count). The van der Waals surface area contributed by atoms with E-state index in [1.165, 1.54) is 11.3 Å². The average molecular weight is 370 g/mol. The lowest BCUT2D eigenvalue weighted by Gasteiger charge is -2.24. The number of nitrogens with zero attached hydrogens (tertiary/aromatic N) is 2. The smallest absolute Gasteiger partial charge is 0.273 e. The van der Waals surface area contributed by atoms with Crippen molar-refractivity contribution in [1.29, 1.82) is 0 Å². The summed E-state index contributed by atoms with van der Waals surface area (Å²) < 4.78 is 5.23. The third kappa shape index (κ3) is 3.19. The summed E-state index contributed by atoms with van der Waals surface area (Å²) in [7, 11) is 1.66. The van der Waals surface area contributed by atoms with Gasteiger partial charge < -0.3 is 9.64 Å². The standard InChI is InChI=1S/C19H18N2O2S2/c1-23-15-6-4-13(5-7-15)17-3-2-9-21(17)19(22)16-12-25-18(20-16)14-8-10-24-11-14/h4-8,10-12,17H,2-3,9H2,1H3. The van der Waals surface area contributed by atoms with Crippen LogP contribution in [0.3, 0.4) is 0 Å². The van der Waals surface area contributed by atoms with Crippen molar-refractivity contribution in [2.24, 2.45) is 0 Å². The molecule has 1 fully saturated rings. The first kappa shape index (κ1) is 16.3. The van der Waals surface area contributed by atoms with Gasteiger partial charge in [-0.25, -0.2) is 4.98 Å². The summed E-state index contributed by atoms with van der Waals surface area (Å²) >= 11 is 3.17. The lowest BCUT2D eigenvalue weighted by Crippen LogP contribution is -2.30. The first-order valence-electron chi connectivity index (χ1n) is 8.19. The van der Waals surface area contributed by atoms with Crippen molar-refractivity contribution in [1.82, 2.24) is 9.88 Å². The molecule has 128 valence electrons. The topological polar surface area (TPSA) is 42.4 Å². The van der Waals surface area contributed by atoms with E-state index in [4.69, 9.17) is 4.74 Å². The molecule has 0 N–H and O–H groups in total. The van der Waals surface area contributed by atoms with Gasteiger partial charge in [-0.3, -0.25) is 4.79 Å². The van der Waals surface area contributed by atoms with E-state index in [-0.39, 0.29) is 11.9 Å². The van der Waals surface area contributed by atoms with Gasteiger partial charge in [-0.05, 0) is 42.0 Å². The molecule has 0 saturated carbocycles. The van der Waals surface area contributed by atoms with Crippen LogP contribution in [0.25, 0.3) is 10.6 Å². The minimum absolute atomic E-state index is 0.0241. The van der Waals surface area contributed by atoms with Crippen molar-refractivity contribution >= 4 is 28.6 Å². The fourth-order valence-electron chi connectivity index (χ4n) is 3.22. The molecule has 0 bridgehead atoms. The Morgan fingerprint density at radius 1 is 1.24 bits per heavy atom. The molecular weight excluding hydrogens is 352 g/mol. The van der Waals surface area contributed by atoms with E-state index in [0.29, 0.717) is 5.69 Å². The van der Waals surface area contributed by atoms with Crippen LogP contribution in [0.5, 0.6) is 5.75 Å². The van der Waals surface area contributed by atoms with E-state index in [2.05, 4.69) is 10.4 Å². The van der Waals surface area contributed by atoms with Crippen LogP contribution in [-0.4, -0.2) is 29.4 Å². The Kier molecular flexibility index (Phi) is 4.55. The number of amides is 1. The fraction of sp³-hybridized carbons (Fsp3) is 0.263. The third-order valence-electron chi connectivity index (χ3n) is 4.51. The predicted octanol–water partition coefficient (Wildman–Crippen LogP) is 4.86. The molecule has 0 spiro atoms. The van der Waals surface area contributed by atoms with Gasteiger partial charge in [0.2, 0.25) is 0 Å². The fourth-order valence-corrected chi connectivity index (χ4v) is 4.73. The summed E-state index contributed by atoms with van der Waals surface area (Å²) in [6, 6.07) is 10.2. The minimum Gasteiger partial charge on any atom is -0.497 e. The van der Waals surface area contributed by atoms with Gasteiger partial charge in [-0.15, -0.1) is 11.3 Å². The summed E-state index contributed by atoms with van der Waals surface area (Å²) in [6.45, 7) is 0.779. The summed E-state index contributed by atoms with van der Waals surface area (Å²) in [5.41, 5.74) is 2.79. The molecule has 25 heavy (non-hydrogen) atoms. The van der Waals surface area contributed by atoms with Gasteiger partial charge in [-0.1, -0.05) is 12.1 Å². The average Bonchev–Trinajstić information content (AvgIpc) is 3.42. The highest BCUT2D eigenvalue weighted by Crippen LogP contribution is 2.34. The molecule has 1 aromatic carbocycles. The number of thiazole rings is 1. The highest BCUT2D eigenvalue weighted by molar-refractivity contribution is 7.14.